The molecule has 0 atom stereocenters. The zero-order valence-electron chi connectivity index (χ0n) is 14.7. The summed E-state index contributed by atoms with van der Waals surface area (Å²) in [5, 5.41) is 14.4. The van der Waals surface area contributed by atoms with E-state index in [0.29, 0.717) is 29.4 Å². The number of carbonyl (C=O) groups is 1. The van der Waals surface area contributed by atoms with Crippen molar-refractivity contribution in [3.8, 4) is 11.5 Å². The molecule has 0 aliphatic rings. The normalized spacial score (nSPS) is 10.9. The van der Waals surface area contributed by atoms with Gasteiger partial charge in [0.15, 0.2) is 11.5 Å². The number of methoxy groups -OCH3 is 1. The van der Waals surface area contributed by atoms with Crippen LogP contribution in [0.1, 0.15) is 28.5 Å². The third-order valence-corrected chi connectivity index (χ3v) is 4.63. The number of benzene rings is 2. The van der Waals surface area contributed by atoms with Crippen LogP contribution in [0.3, 0.4) is 0 Å². The van der Waals surface area contributed by atoms with E-state index >= 15 is 0 Å². The number of H-pyrrole nitrogens is 1. The second-order valence-electron chi connectivity index (χ2n) is 6.03. The van der Waals surface area contributed by atoms with Crippen LogP contribution < -0.4 is 10.1 Å². The molecule has 0 fully saturated rings. The maximum Gasteiger partial charge on any atom is 0.268 e. The van der Waals surface area contributed by atoms with Crippen molar-refractivity contribution in [2.75, 3.05) is 13.7 Å². The highest BCUT2D eigenvalue weighted by Gasteiger charge is 2.16. The molecule has 0 aliphatic carbocycles. The molecular formula is C20H21ClN2O3. The van der Waals surface area contributed by atoms with Crippen molar-refractivity contribution in [2.45, 2.75) is 19.8 Å². The standard InChI is InChI=1S/C20H21ClN2O3/c1-3-14-15-11-13(21)5-6-16(15)23-19(14)20(25)22-9-8-12-4-7-18(26-2)17(24)10-12/h4-7,10-11,23-24H,3,8-9H2,1-2H3,(H,22,25). The van der Waals surface area contributed by atoms with E-state index in [-0.39, 0.29) is 11.7 Å². The lowest BCUT2D eigenvalue weighted by Gasteiger charge is -2.08. The predicted molar refractivity (Wildman–Crippen MR) is 103 cm³/mol. The van der Waals surface area contributed by atoms with Crippen molar-refractivity contribution in [2.24, 2.45) is 0 Å². The van der Waals surface area contributed by atoms with E-state index in [1.54, 1.807) is 18.2 Å². The number of ether oxygens (including phenoxy) is 1. The number of halogens is 1. The van der Waals surface area contributed by atoms with Crippen LogP contribution in [0.2, 0.25) is 5.02 Å². The number of hydrogen-bond donors (Lipinski definition) is 3. The van der Waals surface area contributed by atoms with Gasteiger partial charge >= 0.3 is 0 Å². The number of carbonyl (C=O) groups excluding carboxylic acids is 1. The Morgan fingerprint density at radius 1 is 1.27 bits per heavy atom. The average molecular weight is 373 g/mol. The van der Waals surface area contributed by atoms with Gasteiger partial charge < -0.3 is 20.1 Å². The predicted octanol–water partition coefficient (Wildman–Crippen LogP) is 4.07. The molecule has 0 spiro atoms. The molecule has 1 heterocycles. The fourth-order valence-electron chi connectivity index (χ4n) is 3.08. The molecule has 2 aromatic carbocycles. The summed E-state index contributed by atoms with van der Waals surface area (Å²) >= 11 is 6.08. The van der Waals surface area contributed by atoms with Gasteiger partial charge in [-0.3, -0.25) is 4.79 Å². The monoisotopic (exact) mass is 372 g/mol. The van der Waals surface area contributed by atoms with Crippen LogP contribution in [0.15, 0.2) is 36.4 Å². The highest BCUT2D eigenvalue weighted by Crippen LogP contribution is 2.27. The number of aromatic nitrogens is 1. The van der Waals surface area contributed by atoms with Gasteiger partial charge in [0, 0.05) is 22.5 Å². The second kappa shape index (κ2) is 7.70. The molecule has 26 heavy (non-hydrogen) atoms. The Kier molecular flexibility index (Phi) is 5.38. The van der Waals surface area contributed by atoms with Crippen LogP contribution in [0.25, 0.3) is 10.9 Å². The number of phenolic OH excluding ortho intramolecular Hbond substituents is 1. The van der Waals surface area contributed by atoms with Gasteiger partial charge in [0.05, 0.1) is 7.11 Å². The van der Waals surface area contributed by atoms with Crippen LogP contribution in [0.5, 0.6) is 11.5 Å². The summed E-state index contributed by atoms with van der Waals surface area (Å²) in [6.07, 6.45) is 1.34. The van der Waals surface area contributed by atoms with Gasteiger partial charge in [-0.1, -0.05) is 24.6 Å². The smallest absolute Gasteiger partial charge is 0.268 e. The summed E-state index contributed by atoms with van der Waals surface area (Å²) in [6, 6.07) is 10.8. The third-order valence-electron chi connectivity index (χ3n) is 4.39. The van der Waals surface area contributed by atoms with Crippen molar-refractivity contribution < 1.29 is 14.6 Å². The number of hydrogen-bond acceptors (Lipinski definition) is 3. The zero-order valence-corrected chi connectivity index (χ0v) is 15.5. The maximum atomic E-state index is 12.6. The topological polar surface area (TPSA) is 74.3 Å². The fraction of sp³-hybridized carbons (Fsp3) is 0.250. The first kappa shape index (κ1) is 18.1. The highest BCUT2D eigenvalue weighted by molar-refractivity contribution is 6.31. The number of aromatic hydroxyl groups is 1. The minimum Gasteiger partial charge on any atom is -0.504 e. The molecular weight excluding hydrogens is 352 g/mol. The molecule has 6 heteroatoms. The SMILES string of the molecule is CCc1c(C(=O)NCCc2ccc(OC)c(O)c2)[nH]c2ccc(Cl)cc12. The Balaban J connectivity index is 1.70. The lowest BCUT2D eigenvalue weighted by Crippen LogP contribution is -2.26. The van der Waals surface area contributed by atoms with Gasteiger partial charge in [-0.2, -0.15) is 0 Å². The summed E-state index contributed by atoms with van der Waals surface area (Å²) in [6.45, 7) is 2.48. The highest BCUT2D eigenvalue weighted by atomic mass is 35.5. The van der Waals surface area contributed by atoms with E-state index in [1.165, 1.54) is 7.11 Å². The Hall–Kier alpha value is -2.66. The summed E-state index contributed by atoms with van der Waals surface area (Å²) in [5.41, 5.74) is 3.35. The second-order valence-corrected chi connectivity index (χ2v) is 6.47. The molecule has 0 unspecified atom stereocenters. The summed E-state index contributed by atoms with van der Waals surface area (Å²) in [5.74, 6) is 0.381. The zero-order chi connectivity index (χ0) is 18.7. The molecule has 0 radical (unpaired) electrons. The molecule has 3 aromatic rings. The summed E-state index contributed by atoms with van der Waals surface area (Å²) in [4.78, 5) is 15.8. The minimum absolute atomic E-state index is 0.0945. The van der Waals surface area contributed by atoms with Gasteiger partial charge in [-0.15, -0.1) is 0 Å². The molecule has 136 valence electrons. The van der Waals surface area contributed by atoms with Crippen LogP contribution in [0, 0.1) is 0 Å². The van der Waals surface area contributed by atoms with Crippen molar-refractivity contribution in [3.05, 3.63) is 58.2 Å². The number of aromatic amines is 1. The number of phenols is 1. The van der Waals surface area contributed by atoms with Gasteiger partial charge in [0.25, 0.3) is 5.91 Å². The maximum absolute atomic E-state index is 12.6. The Morgan fingerprint density at radius 2 is 2.08 bits per heavy atom. The van der Waals surface area contributed by atoms with Gasteiger partial charge in [0.2, 0.25) is 0 Å². The van der Waals surface area contributed by atoms with E-state index in [0.717, 1.165) is 28.5 Å². The molecule has 3 N–H and O–H groups in total. The molecule has 0 saturated carbocycles. The number of aryl methyl sites for hydroxylation is 1. The summed E-state index contributed by atoms with van der Waals surface area (Å²) in [7, 11) is 1.51. The first-order chi connectivity index (χ1) is 12.5. The number of amides is 1. The molecule has 1 aromatic heterocycles. The van der Waals surface area contributed by atoms with E-state index in [9.17, 15) is 9.90 Å². The molecule has 3 rings (SSSR count). The van der Waals surface area contributed by atoms with Gasteiger partial charge in [0.1, 0.15) is 5.69 Å². The van der Waals surface area contributed by atoms with E-state index < -0.39 is 0 Å². The quantitative estimate of drug-likeness (QED) is 0.610. The molecule has 0 bridgehead atoms. The Bertz CT molecular complexity index is 950. The Morgan fingerprint density at radius 3 is 2.77 bits per heavy atom. The number of rotatable bonds is 6. The van der Waals surface area contributed by atoms with Gasteiger partial charge in [-0.05, 0) is 54.3 Å². The third kappa shape index (κ3) is 3.63. The van der Waals surface area contributed by atoms with Crippen molar-refractivity contribution in [1.29, 1.82) is 0 Å². The minimum atomic E-state index is -0.146. The van der Waals surface area contributed by atoms with Crippen molar-refractivity contribution in [1.82, 2.24) is 10.3 Å². The van der Waals surface area contributed by atoms with Crippen LogP contribution in [-0.2, 0) is 12.8 Å². The van der Waals surface area contributed by atoms with Gasteiger partial charge in [-0.25, -0.2) is 0 Å². The Labute approximate surface area is 156 Å². The largest absolute Gasteiger partial charge is 0.504 e. The van der Waals surface area contributed by atoms with Crippen LogP contribution in [0.4, 0.5) is 0 Å². The van der Waals surface area contributed by atoms with Crippen LogP contribution in [-0.4, -0.2) is 29.7 Å². The van der Waals surface area contributed by atoms with Crippen molar-refractivity contribution in [3.63, 3.8) is 0 Å². The first-order valence-corrected chi connectivity index (χ1v) is 8.85. The van der Waals surface area contributed by atoms with E-state index in [4.69, 9.17) is 16.3 Å². The fourth-order valence-corrected chi connectivity index (χ4v) is 3.25. The lowest BCUT2D eigenvalue weighted by atomic mass is 10.1. The van der Waals surface area contributed by atoms with Crippen molar-refractivity contribution >= 4 is 28.4 Å². The molecule has 1 amide bonds. The van der Waals surface area contributed by atoms with E-state index in [2.05, 4.69) is 10.3 Å². The lowest BCUT2D eigenvalue weighted by molar-refractivity contribution is 0.0949. The summed E-state index contributed by atoms with van der Waals surface area (Å²) < 4.78 is 5.03. The molecule has 0 aliphatic heterocycles. The first-order valence-electron chi connectivity index (χ1n) is 8.47. The molecule has 5 nitrogen and oxygen atoms in total. The molecule has 0 saturated heterocycles. The number of fused-ring (bicyclic) bond motifs is 1. The van der Waals surface area contributed by atoms with E-state index in [1.807, 2.05) is 25.1 Å². The van der Waals surface area contributed by atoms with Crippen LogP contribution >= 0.6 is 11.6 Å². The average Bonchev–Trinajstić information content (AvgIpc) is 2.99. The number of nitrogens with one attached hydrogen (secondary N) is 2.